The maximum absolute atomic E-state index is 12.3. The molecular weight excluding hydrogens is 568 g/mol. The highest BCUT2D eigenvalue weighted by Crippen LogP contribution is 2.75. The van der Waals surface area contributed by atoms with E-state index in [1.807, 2.05) is 18.2 Å². The van der Waals surface area contributed by atoms with Crippen molar-refractivity contribution in [1.29, 1.82) is 0 Å². The molecule has 0 unspecified atom stereocenters. The Kier molecular flexibility index (Phi) is 7.34. The molecule has 2 fully saturated rings. The summed E-state index contributed by atoms with van der Waals surface area (Å²) in [6, 6.07) is 16.8. The maximum Gasteiger partial charge on any atom is 0.324 e. The smallest absolute Gasteiger partial charge is 0.324 e. The molecule has 2 aromatic carbocycles. The average molecular weight is 597 g/mol. The van der Waals surface area contributed by atoms with E-state index >= 15 is 0 Å². The summed E-state index contributed by atoms with van der Waals surface area (Å²) in [5, 5.41) is 9.51. The van der Waals surface area contributed by atoms with Gasteiger partial charge in [-0.05, 0) is 68.3 Å². The first-order valence-electron chi connectivity index (χ1n) is 13.1. The number of ether oxygens (including phenoxy) is 1. The van der Waals surface area contributed by atoms with Gasteiger partial charge in [-0.3, -0.25) is 14.4 Å². The molecule has 214 valence electrons. The van der Waals surface area contributed by atoms with Crippen LogP contribution in [0, 0.1) is 0 Å². The van der Waals surface area contributed by atoms with E-state index in [2.05, 4.69) is 27.6 Å². The van der Waals surface area contributed by atoms with Crippen LogP contribution in [0.4, 0.5) is 22.1 Å². The number of hydrogen-bond acceptors (Lipinski definition) is 9. The standard InChI is InChI=1S/C28H29ClN6O5S/c1-18-17-39-15-13-35(18)25-16-23(28(11-12-28)41(37,38)22-8-4-20(29)5-9-22)31-26(33-25)19-2-6-21(7-3-19)30-27(36)32-24-10-14-40-34-24/h2-10,14,16,18,37-38H,11-13,15,17H2,1H3,(H2,30,32,34,36)/t18-/m0/s1. The molecule has 2 aliphatic rings. The van der Waals surface area contributed by atoms with Crippen molar-refractivity contribution in [3.63, 3.8) is 0 Å². The molecule has 0 radical (unpaired) electrons. The molecule has 2 amide bonds. The summed E-state index contributed by atoms with van der Waals surface area (Å²) in [6.45, 7) is 3.86. The van der Waals surface area contributed by atoms with Crippen LogP contribution in [0.15, 0.2) is 76.3 Å². The summed E-state index contributed by atoms with van der Waals surface area (Å²) in [5.41, 5.74) is 1.86. The molecule has 4 N–H and O–H groups in total. The van der Waals surface area contributed by atoms with Crippen molar-refractivity contribution < 1.29 is 23.2 Å². The van der Waals surface area contributed by atoms with Crippen molar-refractivity contribution >= 4 is 45.5 Å². The Balaban J connectivity index is 1.34. The van der Waals surface area contributed by atoms with Gasteiger partial charge in [-0.25, -0.2) is 14.8 Å². The Morgan fingerprint density at radius 2 is 1.83 bits per heavy atom. The number of carbonyl (C=O) groups is 1. The number of anilines is 3. The third-order valence-corrected chi connectivity index (χ3v) is 10.2. The van der Waals surface area contributed by atoms with E-state index in [0.717, 1.165) is 5.56 Å². The number of hydrogen-bond donors (Lipinski definition) is 4. The molecule has 13 heteroatoms. The second-order valence-corrected chi connectivity index (χ2v) is 12.9. The number of amides is 2. The molecule has 3 heterocycles. The monoisotopic (exact) mass is 596 g/mol. The minimum atomic E-state index is -3.26. The van der Waals surface area contributed by atoms with Crippen molar-refractivity contribution in [3.8, 4) is 11.4 Å². The van der Waals surface area contributed by atoms with E-state index in [1.165, 1.54) is 12.3 Å². The van der Waals surface area contributed by atoms with Crippen molar-refractivity contribution in [2.24, 2.45) is 0 Å². The quantitative estimate of drug-likeness (QED) is 0.189. The van der Waals surface area contributed by atoms with Crippen LogP contribution >= 0.6 is 22.2 Å². The fraction of sp³-hybridized carbons (Fsp3) is 0.286. The molecule has 1 atom stereocenters. The molecule has 1 aliphatic carbocycles. The lowest BCUT2D eigenvalue weighted by atomic mass is 10.1. The molecule has 4 aromatic rings. The van der Waals surface area contributed by atoms with Crippen LogP contribution in [0.5, 0.6) is 0 Å². The third-order valence-electron chi connectivity index (χ3n) is 7.31. The zero-order valence-corrected chi connectivity index (χ0v) is 23.7. The van der Waals surface area contributed by atoms with Gasteiger partial charge in [-0.15, -0.1) is 0 Å². The number of halogens is 1. The predicted molar refractivity (Wildman–Crippen MR) is 158 cm³/mol. The summed E-state index contributed by atoms with van der Waals surface area (Å²) >= 11 is 6.06. The number of aromatic nitrogens is 3. The normalized spacial score (nSPS) is 18.5. The van der Waals surface area contributed by atoms with Gasteiger partial charge in [0.15, 0.2) is 11.6 Å². The zero-order valence-electron chi connectivity index (χ0n) is 22.2. The minimum absolute atomic E-state index is 0.0842. The van der Waals surface area contributed by atoms with Crippen LogP contribution in [0.25, 0.3) is 11.4 Å². The number of rotatable bonds is 7. The van der Waals surface area contributed by atoms with Crippen molar-refractivity contribution in [2.45, 2.75) is 35.4 Å². The molecule has 1 aliphatic heterocycles. The van der Waals surface area contributed by atoms with Crippen LogP contribution in [0.3, 0.4) is 0 Å². The van der Waals surface area contributed by atoms with Crippen molar-refractivity contribution in [1.82, 2.24) is 15.1 Å². The van der Waals surface area contributed by atoms with E-state index in [0.29, 0.717) is 71.4 Å². The van der Waals surface area contributed by atoms with Crippen LogP contribution in [0.1, 0.15) is 25.5 Å². The van der Waals surface area contributed by atoms with Gasteiger partial charge in [0, 0.05) is 35.0 Å². The zero-order chi connectivity index (χ0) is 28.6. The maximum atomic E-state index is 12.3. The van der Waals surface area contributed by atoms with E-state index in [-0.39, 0.29) is 6.04 Å². The molecule has 2 aromatic heterocycles. The van der Waals surface area contributed by atoms with Gasteiger partial charge in [0.2, 0.25) is 0 Å². The van der Waals surface area contributed by atoms with Crippen LogP contribution in [-0.4, -0.2) is 56.1 Å². The molecular formula is C28H29ClN6O5S. The number of urea groups is 1. The van der Waals surface area contributed by atoms with Gasteiger partial charge >= 0.3 is 6.03 Å². The second kappa shape index (κ2) is 11.0. The molecule has 41 heavy (non-hydrogen) atoms. The van der Waals surface area contributed by atoms with Crippen molar-refractivity contribution in [2.75, 3.05) is 35.3 Å². The molecule has 0 spiro atoms. The molecule has 6 rings (SSSR count). The highest BCUT2D eigenvalue weighted by atomic mass is 35.5. The number of nitrogens with one attached hydrogen (secondary N) is 2. The molecule has 0 bridgehead atoms. The third kappa shape index (κ3) is 5.48. The van der Waals surface area contributed by atoms with Gasteiger partial charge in [0.1, 0.15) is 16.8 Å². The largest absolute Gasteiger partial charge is 0.377 e. The summed E-state index contributed by atoms with van der Waals surface area (Å²) in [7, 11) is -3.26. The lowest BCUT2D eigenvalue weighted by Crippen LogP contribution is -2.44. The van der Waals surface area contributed by atoms with Gasteiger partial charge < -0.3 is 19.5 Å². The Hall–Kier alpha value is -3.68. The molecule has 1 saturated carbocycles. The Labute approximate surface area is 243 Å². The van der Waals surface area contributed by atoms with E-state index in [4.69, 9.17) is 30.8 Å². The first-order chi connectivity index (χ1) is 19.7. The van der Waals surface area contributed by atoms with Crippen LogP contribution in [-0.2, 0) is 9.48 Å². The number of carbonyl (C=O) groups excluding carboxylic acids is 1. The lowest BCUT2D eigenvalue weighted by molar-refractivity contribution is 0.0985. The van der Waals surface area contributed by atoms with Gasteiger partial charge in [0.05, 0.1) is 29.8 Å². The van der Waals surface area contributed by atoms with Gasteiger partial charge in [0.25, 0.3) is 0 Å². The topological polar surface area (TPSA) is 146 Å². The molecule has 1 saturated heterocycles. The number of nitrogens with zero attached hydrogens (tertiary/aromatic N) is 4. The van der Waals surface area contributed by atoms with Crippen LogP contribution < -0.4 is 15.5 Å². The highest BCUT2D eigenvalue weighted by molar-refractivity contribution is 8.25. The van der Waals surface area contributed by atoms with E-state index < -0.39 is 21.4 Å². The van der Waals surface area contributed by atoms with Gasteiger partial charge in [-0.1, -0.05) is 16.8 Å². The summed E-state index contributed by atoms with van der Waals surface area (Å²) in [5.74, 6) is 1.45. The van der Waals surface area contributed by atoms with Gasteiger partial charge in [-0.2, -0.15) is 10.6 Å². The van der Waals surface area contributed by atoms with E-state index in [1.54, 1.807) is 36.4 Å². The lowest BCUT2D eigenvalue weighted by Gasteiger charge is -2.41. The summed E-state index contributed by atoms with van der Waals surface area (Å²) < 4.78 is 32.6. The SMILES string of the molecule is C[C@H]1COCCN1c1cc(C2(S(O)(O)c3ccc(Cl)cc3)CC2)nc(-c2ccc(NC(=O)Nc3ccon3)cc2)n1. The Bertz CT molecular complexity index is 1530. The summed E-state index contributed by atoms with van der Waals surface area (Å²) in [4.78, 5) is 24.7. The first-order valence-corrected chi connectivity index (χ1v) is 15.0. The fourth-order valence-corrected chi connectivity index (χ4v) is 7.08. The highest BCUT2D eigenvalue weighted by Gasteiger charge is 2.57. The second-order valence-electron chi connectivity index (χ2n) is 10.1. The molecule has 11 nitrogen and oxygen atoms in total. The summed E-state index contributed by atoms with van der Waals surface area (Å²) in [6.07, 6.45) is 2.52. The minimum Gasteiger partial charge on any atom is -0.377 e. The van der Waals surface area contributed by atoms with E-state index in [9.17, 15) is 13.9 Å². The first kappa shape index (κ1) is 27.5. The fourth-order valence-electron chi connectivity index (χ4n) is 4.92. The Morgan fingerprint density at radius 1 is 1.07 bits per heavy atom. The van der Waals surface area contributed by atoms with Crippen LogP contribution in [0.2, 0.25) is 5.02 Å². The predicted octanol–water partition coefficient (Wildman–Crippen LogP) is 6.45. The van der Waals surface area contributed by atoms with Crippen molar-refractivity contribution in [3.05, 3.63) is 77.6 Å². The Morgan fingerprint density at radius 3 is 2.49 bits per heavy atom. The average Bonchev–Trinajstić information content (AvgIpc) is 3.65. The number of morpholine rings is 1. The number of benzene rings is 2.